The highest BCUT2D eigenvalue weighted by Crippen LogP contribution is 2.41. The number of carboxylic acid groups (broad SMARTS) is 1. The van der Waals surface area contributed by atoms with Crippen LogP contribution in [0.5, 0.6) is 0 Å². The SMILES string of the molecule is CON=C(C(=O)N[C@@H]1C(=O)N2C(C(=O)O)=C(Cc3c[nH][n+]4ccccc34)CS[C@@H]12)c1nc(N)sc1Cl. The minimum Gasteiger partial charge on any atom is -0.477 e. The number of nitrogen functional groups attached to an aromatic ring is 1. The van der Waals surface area contributed by atoms with E-state index in [-0.39, 0.29) is 26.6 Å². The van der Waals surface area contributed by atoms with Crippen molar-refractivity contribution >= 4 is 68.8 Å². The second-order valence-corrected chi connectivity index (χ2v) is 10.6. The summed E-state index contributed by atoms with van der Waals surface area (Å²) in [6.45, 7) is 0. The zero-order valence-electron chi connectivity index (χ0n) is 18.6. The van der Waals surface area contributed by atoms with Gasteiger partial charge in [0.1, 0.15) is 34.3 Å². The smallest absolute Gasteiger partial charge is 0.352 e. The van der Waals surface area contributed by atoms with Gasteiger partial charge in [-0.2, -0.15) is 5.10 Å². The molecule has 0 aliphatic carbocycles. The van der Waals surface area contributed by atoms with E-state index in [1.54, 1.807) is 0 Å². The molecule has 1 saturated heterocycles. The molecule has 0 spiro atoms. The first-order chi connectivity index (χ1) is 17.3. The Morgan fingerprint density at radius 1 is 1.47 bits per heavy atom. The Bertz CT molecular complexity index is 1470. The van der Waals surface area contributed by atoms with E-state index in [9.17, 15) is 19.5 Å². The van der Waals surface area contributed by atoms with Crippen LogP contribution in [0.15, 0.2) is 47.0 Å². The number of thioether (sulfide) groups is 1. The number of aliphatic carboxylic acids is 1. The van der Waals surface area contributed by atoms with Gasteiger partial charge >= 0.3 is 5.97 Å². The number of halogens is 1. The molecule has 5 N–H and O–H groups in total. The van der Waals surface area contributed by atoms with E-state index in [1.165, 1.54) is 23.8 Å². The van der Waals surface area contributed by atoms with Crippen LogP contribution < -0.4 is 15.6 Å². The summed E-state index contributed by atoms with van der Waals surface area (Å²) in [7, 11) is 1.25. The lowest BCUT2D eigenvalue weighted by Gasteiger charge is -2.49. The van der Waals surface area contributed by atoms with Gasteiger partial charge in [-0.25, -0.2) is 9.78 Å². The number of rotatable bonds is 7. The molecule has 2 aliphatic heterocycles. The molecule has 3 aromatic rings. The fraction of sp³-hybridized carbons (Fsp3) is 0.238. The first-order valence-electron chi connectivity index (χ1n) is 10.5. The Morgan fingerprint density at radius 2 is 2.28 bits per heavy atom. The van der Waals surface area contributed by atoms with Crippen LogP contribution in [0.4, 0.5) is 5.13 Å². The van der Waals surface area contributed by atoms with E-state index in [4.69, 9.17) is 22.2 Å². The number of nitrogens with zero attached hydrogens (tertiary/aromatic N) is 4. The summed E-state index contributed by atoms with van der Waals surface area (Å²) < 4.78 is 1.97. The topological polar surface area (TPSA) is 167 Å². The number of hydrogen-bond donors (Lipinski definition) is 4. The Morgan fingerprint density at radius 3 is 2.97 bits per heavy atom. The number of thiazole rings is 1. The maximum absolute atomic E-state index is 13.1. The van der Waals surface area contributed by atoms with E-state index < -0.39 is 29.2 Å². The van der Waals surface area contributed by atoms with Gasteiger partial charge in [-0.1, -0.05) is 32.6 Å². The van der Waals surface area contributed by atoms with Crippen LogP contribution in [0.1, 0.15) is 11.3 Å². The minimum absolute atomic E-state index is 0.0310. The molecule has 186 valence electrons. The van der Waals surface area contributed by atoms with Gasteiger partial charge in [0.15, 0.2) is 17.0 Å². The maximum Gasteiger partial charge on any atom is 0.352 e. The van der Waals surface area contributed by atoms with Crippen molar-refractivity contribution in [3.8, 4) is 0 Å². The Hall–Kier alpha value is -3.62. The van der Waals surface area contributed by atoms with Crippen molar-refractivity contribution in [3.05, 3.63) is 57.5 Å². The second kappa shape index (κ2) is 9.44. The predicted octanol–water partition coefficient (Wildman–Crippen LogP) is 0.777. The number of nitrogens with two attached hydrogens (primary N) is 1. The molecule has 2 atom stereocenters. The van der Waals surface area contributed by atoms with Crippen LogP contribution in [0.25, 0.3) is 5.52 Å². The molecule has 5 heterocycles. The number of hydrogen-bond acceptors (Lipinski definition) is 9. The van der Waals surface area contributed by atoms with Crippen molar-refractivity contribution in [2.45, 2.75) is 17.8 Å². The van der Waals surface area contributed by atoms with Crippen molar-refractivity contribution in [2.24, 2.45) is 5.16 Å². The number of H-pyrrole nitrogens is 1. The monoisotopic (exact) mass is 548 g/mol. The summed E-state index contributed by atoms with van der Waals surface area (Å²) in [6.07, 6.45) is 4.03. The predicted molar refractivity (Wildman–Crippen MR) is 132 cm³/mol. The molecule has 12 nitrogen and oxygen atoms in total. The molecule has 0 radical (unpaired) electrons. The number of fused-ring (bicyclic) bond motifs is 2. The molecular formula is C21H19ClN7O5S2+. The lowest BCUT2D eigenvalue weighted by molar-refractivity contribution is -0.576. The van der Waals surface area contributed by atoms with Gasteiger partial charge in [0.25, 0.3) is 11.8 Å². The number of aromatic amines is 1. The average Bonchev–Trinajstić information content (AvgIpc) is 3.42. The summed E-state index contributed by atoms with van der Waals surface area (Å²) >= 11 is 8.45. The standard InChI is InChI=1S/C21H18ClN7O5S2/c1-34-27-13(12-16(22)36-21(23)26-12)17(30)25-14-18(31)29-15(20(32)33)10(8-35-19(14)29)6-9-7-24-28-5-3-2-4-11(9)28/h2-5,7,14,19H,6,8H2,1H3,(H4,23,25,26,30,32,33)/p+1/t14-,19+/m1/s1. The van der Waals surface area contributed by atoms with Crippen molar-refractivity contribution in [1.29, 1.82) is 0 Å². The molecule has 15 heteroatoms. The number of aromatic nitrogens is 3. The zero-order valence-corrected chi connectivity index (χ0v) is 21.0. The largest absolute Gasteiger partial charge is 0.477 e. The number of pyridine rings is 1. The summed E-state index contributed by atoms with van der Waals surface area (Å²) in [5.74, 6) is -2.11. The third kappa shape index (κ3) is 4.06. The molecular weight excluding hydrogens is 530 g/mol. The lowest BCUT2D eigenvalue weighted by Crippen LogP contribution is -2.71. The van der Waals surface area contributed by atoms with Gasteiger partial charge in [-0.3, -0.25) is 14.5 Å². The number of carbonyl (C=O) groups is 3. The minimum atomic E-state index is -1.20. The number of carboxylic acids is 1. The van der Waals surface area contributed by atoms with E-state index in [2.05, 4.69) is 20.6 Å². The number of nitrogens with one attached hydrogen (secondary N) is 2. The van der Waals surface area contributed by atoms with Crippen LogP contribution in [0.2, 0.25) is 4.34 Å². The Balaban J connectivity index is 1.38. The second-order valence-electron chi connectivity index (χ2n) is 7.85. The molecule has 1 fully saturated rings. The van der Waals surface area contributed by atoms with Gasteiger partial charge < -0.3 is 21.0 Å². The molecule has 5 rings (SSSR count). The highest BCUT2D eigenvalue weighted by Gasteiger charge is 2.54. The van der Waals surface area contributed by atoms with Crippen molar-refractivity contribution in [3.63, 3.8) is 0 Å². The zero-order chi connectivity index (χ0) is 25.6. The third-order valence-corrected chi connectivity index (χ3v) is 8.15. The molecule has 36 heavy (non-hydrogen) atoms. The van der Waals surface area contributed by atoms with Crippen molar-refractivity contribution in [2.75, 3.05) is 18.6 Å². The number of oxime groups is 1. The van der Waals surface area contributed by atoms with Crippen molar-refractivity contribution < 1.29 is 28.8 Å². The summed E-state index contributed by atoms with van der Waals surface area (Å²) in [6, 6.07) is 4.74. The van der Waals surface area contributed by atoms with E-state index in [0.29, 0.717) is 17.7 Å². The number of amides is 2. The van der Waals surface area contributed by atoms with E-state index in [0.717, 1.165) is 22.4 Å². The molecule has 2 amide bonds. The fourth-order valence-electron chi connectivity index (χ4n) is 4.19. The van der Waals surface area contributed by atoms with E-state index in [1.807, 2.05) is 35.1 Å². The summed E-state index contributed by atoms with van der Waals surface area (Å²) in [5.41, 5.74) is 7.81. The van der Waals surface area contributed by atoms with Crippen molar-refractivity contribution in [1.82, 2.24) is 20.3 Å². The molecule has 0 saturated carbocycles. The Labute approximate surface area is 216 Å². The van der Waals surface area contributed by atoms with Crippen LogP contribution in [0.3, 0.4) is 0 Å². The number of β-lactam (4-membered cyclic amide) rings is 1. The Kier molecular flexibility index (Phi) is 6.32. The van der Waals surface area contributed by atoms with Gasteiger partial charge in [0.05, 0.1) is 11.8 Å². The van der Waals surface area contributed by atoms with Gasteiger partial charge in [0.2, 0.25) is 5.52 Å². The van der Waals surface area contributed by atoms with Crippen LogP contribution in [0, 0.1) is 0 Å². The van der Waals surface area contributed by atoms with E-state index >= 15 is 0 Å². The average molecular weight is 549 g/mol. The highest BCUT2D eigenvalue weighted by molar-refractivity contribution is 8.00. The van der Waals surface area contributed by atoms with Crippen LogP contribution in [-0.2, 0) is 25.6 Å². The maximum atomic E-state index is 13.1. The molecule has 2 aliphatic rings. The molecule has 0 unspecified atom stereocenters. The normalized spacial score (nSPS) is 19.8. The molecule has 0 bridgehead atoms. The van der Waals surface area contributed by atoms with Crippen LogP contribution >= 0.6 is 34.7 Å². The quantitative estimate of drug-likeness (QED) is 0.145. The van der Waals surface area contributed by atoms with Gasteiger partial charge in [0, 0.05) is 24.3 Å². The fourth-order valence-corrected chi connectivity index (χ4v) is 6.46. The van der Waals surface area contributed by atoms with Gasteiger partial charge in [-0.15, -0.1) is 11.8 Å². The first-order valence-corrected chi connectivity index (χ1v) is 12.7. The van der Waals surface area contributed by atoms with Crippen LogP contribution in [-0.4, -0.2) is 67.9 Å². The molecule has 3 aromatic heterocycles. The molecule has 0 aromatic carbocycles. The number of anilines is 1. The highest BCUT2D eigenvalue weighted by atomic mass is 35.5. The lowest BCUT2D eigenvalue weighted by atomic mass is 9.99. The first kappa shape index (κ1) is 24.1. The summed E-state index contributed by atoms with van der Waals surface area (Å²) in [5, 5.41) is 18.9. The van der Waals surface area contributed by atoms with Gasteiger partial charge in [-0.05, 0) is 11.6 Å². The summed E-state index contributed by atoms with van der Waals surface area (Å²) in [4.78, 5) is 48.2. The number of carbonyl (C=O) groups excluding carboxylic acids is 2. The third-order valence-electron chi connectivity index (χ3n) is 5.73.